The molecule has 0 saturated carbocycles. The molecule has 5 nitrogen and oxygen atoms in total. The summed E-state index contributed by atoms with van der Waals surface area (Å²) in [5.74, 6) is -0.367. The number of nitrogens with zero attached hydrogens (tertiary/aromatic N) is 2. The fourth-order valence-electron chi connectivity index (χ4n) is 2.38. The van der Waals surface area contributed by atoms with Gasteiger partial charge in [0.25, 0.3) is 5.91 Å². The molecule has 2 amide bonds. The van der Waals surface area contributed by atoms with E-state index in [1.165, 1.54) is 11.8 Å². The molecule has 1 aliphatic rings. The highest BCUT2D eigenvalue weighted by atomic mass is 32.2. The molecule has 0 aromatic heterocycles. The number of amidine groups is 1. The van der Waals surface area contributed by atoms with Crippen LogP contribution in [0.4, 0.5) is 5.69 Å². The van der Waals surface area contributed by atoms with Crippen molar-refractivity contribution in [3.05, 3.63) is 29.3 Å². The van der Waals surface area contributed by atoms with E-state index >= 15 is 0 Å². The maximum atomic E-state index is 12.3. The number of carbonyl (C=O) groups is 2. The van der Waals surface area contributed by atoms with Crippen molar-refractivity contribution in [1.29, 1.82) is 0 Å². The number of benzene rings is 1. The van der Waals surface area contributed by atoms with Crippen LogP contribution in [-0.2, 0) is 9.59 Å². The van der Waals surface area contributed by atoms with E-state index in [0.717, 1.165) is 35.1 Å². The number of amides is 2. The van der Waals surface area contributed by atoms with Crippen LogP contribution in [0.1, 0.15) is 31.4 Å². The van der Waals surface area contributed by atoms with Crippen molar-refractivity contribution in [2.45, 2.75) is 39.4 Å². The third-order valence-corrected chi connectivity index (χ3v) is 5.01. The molecule has 2 rings (SSSR count). The number of carbonyl (C=O) groups excluding carboxylic acids is 2. The molecule has 1 aromatic rings. The molecule has 1 aliphatic heterocycles. The molecule has 1 heterocycles. The maximum absolute atomic E-state index is 12.3. The first-order chi connectivity index (χ1) is 10.9. The zero-order valence-corrected chi connectivity index (χ0v) is 14.9. The van der Waals surface area contributed by atoms with Gasteiger partial charge in [0.05, 0.1) is 0 Å². The number of hydrogen-bond acceptors (Lipinski definition) is 4. The lowest BCUT2D eigenvalue weighted by atomic mass is 10.1. The van der Waals surface area contributed by atoms with Crippen molar-refractivity contribution in [3.8, 4) is 0 Å². The van der Waals surface area contributed by atoms with Gasteiger partial charge in [-0.15, -0.1) is 0 Å². The van der Waals surface area contributed by atoms with Gasteiger partial charge in [0.1, 0.15) is 5.25 Å². The van der Waals surface area contributed by atoms with E-state index in [4.69, 9.17) is 0 Å². The Balaban J connectivity index is 1.97. The lowest BCUT2D eigenvalue weighted by Gasteiger charge is -2.19. The smallest absolute Gasteiger partial charge is 0.262 e. The monoisotopic (exact) mass is 333 g/mol. The Kier molecular flexibility index (Phi) is 5.82. The van der Waals surface area contributed by atoms with Crippen molar-refractivity contribution in [2.75, 3.05) is 18.4 Å². The molecule has 0 spiro atoms. The fraction of sp³-hybridized carbons (Fsp3) is 0.471. The summed E-state index contributed by atoms with van der Waals surface area (Å²) in [5, 5.41) is 3.21. The molecule has 124 valence electrons. The molecule has 0 radical (unpaired) electrons. The molecule has 6 heteroatoms. The highest BCUT2D eigenvalue weighted by Crippen LogP contribution is 2.27. The highest BCUT2D eigenvalue weighted by Gasteiger charge is 2.32. The van der Waals surface area contributed by atoms with Crippen LogP contribution in [0.2, 0.25) is 0 Å². The predicted molar refractivity (Wildman–Crippen MR) is 95.9 cm³/mol. The van der Waals surface area contributed by atoms with Crippen LogP contribution in [0.5, 0.6) is 0 Å². The topological polar surface area (TPSA) is 61.8 Å². The molecular weight excluding hydrogens is 310 g/mol. The third-order valence-electron chi connectivity index (χ3n) is 3.80. The summed E-state index contributed by atoms with van der Waals surface area (Å²) < 4.78 is 0. The Morgan fingerprint density at radius 1 is 1.30 bits per heavy atom. The maximum Gasteiger partial charge on any atom is 0.262 e. The Bertz CT molecular complexity index is 639. The molecule has 0 saturated heterocycles. The van der Waals surface area contributed by atoms with Gasteiger partial charge in [-0.05, 0) is 44.9 Å². The number of thioether (sulfide) groups is 1. The van der Waals surface area contributed by atoms with E-state index in [9.17, 15) is 9.59 Å². The molecule has 0 aliphatic carbocycles. The van der Waals surface area contributed by atoms with Gasteiger partial charge < -0.3 is 10.2 Å². The van der Waals surface area contributed by atoms with Crippen molar-refractivity contribution in [2.24, 2.45) is 4.99 Å². The Labute approximate surface area is 141 Å². The van der Waals surface area contributed by atoms with E-state index in [-0.39, 0.29) is 18.2 Å². The van der Waals surface area contributed by atoms with Gasteiger partial charge in [0, 0.05) is 25.2 Å². The molecule has 0 bridgehead atoms. The summed E-state index contributed by atoms with van der Waals surface area (Å²) >= 11 is 1.39. The Morgan fingerprint density at radius 3 is 2.65 bits per heavy atom. The average Bonchev–Trinajstić information content (AvgIpc) is 2.85. The second-order valence-corrected chi connectivity index (χ2v) is 6.75. The zero-order chi connectivity index (χ0) is 17.0. The van der Waals surface area contributed by atoms with Crippen molar-refractivity contribution < 1.29 is 9.59 Å². The summed E-state index contributed by atoms with van der Waals surface area (Å²) in [4.78, 5) is 30.4. The van der Waals surface area contributed by atoms with E-state index in [1.54, 1.807) is 0 Å². The van der Waals surface area contributed by atoms with Crippen LogP contribution in [-0.4, -0.2) is 40.2 Å². The molecule has 0 fully saturated rings. The standard InChI is InChI=1S/C17H23N3O2S/c1-5-20(6-2)17-19-16(22)14(23-17)10-15(21)18-13-9-11(3)7-8-12(13)4/h7-9,14H,5-6,10H2,1-4H3,(H,18,21). The van der Waals surface area contributed by atoms with E-state index in [2.05, 4.69) is 10.3 Å². The minimum atomic E-state index is -0.421. The van der Waals surface area contributed by atoms with E-state index in [0.29, 0.717) is 0 Å². The summed E-state index contributed by atoms with van der Waals surface area (Å²) in [6.45, 7) is 9.59. The minimum Gasteiger partial charge on any atom is -0.352 e. The van der Waals surface area contributed by atoms with Gasteiger partial charge in [-0.3, -0.25) is 9.59 Å². The number of nitrogens with one attached hydrogen (secondary N) is 1. The number of aryl methyl sites for hydroxylation is 2. The second kappa shape index (κ2) is 7.64. The van der Waals surface area contributed by atoms with E-state index < -0.39 is 5.25 Å². The Morgan fingerprint density at radius 2 is 2.00 bits per heavy atom. The fourth-order valence-corrected chi connectivity index (χ4v) is 3.57. The van der Waals surface area contributed by atoms with Crippen LogP contribution in [0.3, 0.4) is 0 Å². The first kappa shape index (κ1) is 17.5. The molecular formula is C17H23N3O2S. The number of aliphatic imine (C=N–C) groups is 1. The van der Waals surface area contributed by atoms with Crippen molar-refractivity contribution in [3.63, 3.8) is 0 Å². The van der Waals surface area contributed by atoms with Gasteiger partial charge >= 0.3 is 0 Å². The first-order valence-corrected chi connectivity index (χ1v) is 8.73. The summed E-state index contributed by atoms with van der Waals surface area (Å²) in [5.41, 5.74) is 2.90. The molecule has 1 atom stereocenters. The average molecular weight is 333 g/mol. The lowest BCUT2D eigenvalue weighted by Crippen LogP contribution is -2.28. The predicted octanol–water partition coefficient (Wildman–Crippen LogP) is 2.97. The molecule has 23 heavy (non-hydrogen) atoms. The SMILES string of the molecule is CCN(CC)C1=NC(=O)C(CC(=O)Nc2cc(C)ccc2C)S1. The highest BCUT2D eigenvalue weighted by molar-refractivity contribution is 8.15. The normalized spacial score (nSPS) is 17.1. The van der Waals surface area contributed by atoms with Crippen molar-refractivity contribution >= 4 is 34.4 Å². The van der Waals surface area contributed by atoms with Gasteiger partial charge in [0.2, 0.25) is 5.91 Å². The van der Waals surface area contributed by atoms with Crippen LogP contribution in [0.25, 0.3) is 0 Å². The number of rotatable bonds is 5. The van der Waals surface area contributed by atoms with Crippen LogP contribution in [0, 0.1) is 13.8 Å². The Hall–Kier alpha value is -1.82. The minimum absolute atomic E-state index is 0.144. The van der Waals surface area contributed by atoms with E-state index in [1.807, 2.05) is 50.8 Å². The largest absolute Gasteiger partial charge is 0.352 e. The summed E-state index contributed by atoms with van der Waals surface area (Å²) in [6.07, 6.45) is 0.144. The van der Waals surface area contributed by atoms with Crippen LogP contribution < -0.4 is 5.32 Å². The molecule has 1 unspecified atom stereocenters. The number of hydrogen-bond donors (Lipinski definition) is 1. The van der Waals surface area contributed by atoms with Gasteiger partial charge in [-0.25, -0.2) is 0 Å². The quantitative estimate of drug-likeness (QED) is 0.900. The van der Waals surface area contributed by atoms with Gasteiger partial charge in [-0.1, -0.05) is 23.9 Å². The van der Waals surface area contributed by atoms with Gasteiger partial charge in [-0.2, -0.15) is 4.99 Å². The summed E-state index contributed by atoms with van der Waals surface area (Å²) in [6, 6.07) is 5.92. The second-order valence-electron chi connectivity index (χ2n) is 5.58. The molecule has 1 aromatic carbocycles. The zero-order valence-electron chi connectivity index (χ0n) is 14.0. The van der Waals surface area contributed by atoms with Gasteiger partial charge in [0.15, 0.2) is 5.17 Å². The van der Waals surface area contributed by atoms with Crippen LogP contribution >= 0.6 is 11.8 Å². The first-order valence-electron chi connectivity index (χ1n) is 7.85. The molecule has 1 N–H and O–H groups in total. The lowest BCUT2D eigenvalue weighted by molar-refractivity contribution is -0.121. The van der Waals surface area contributed by atoms with Crippen molar-refractivity contribution in [1.82, 2.24) is 4.90 Å². The summed E-state index contributed by atoms with van der Waals surface area (Å²) in [7, 11) is 0. The third kappa shape index (κ3) is 4.34. The number of anilines is 1. The van der Waals surface area contributed by atoms with Crippen LogP contribution in [0.15, 0.2) is 23.2 Å².